The summed E-state index contributed by atoms with van der Waals surface area (Å²) < 4.78 is 124. The average molecular weight is 2100 g/mol. The molecule has 22 aromatic rings. The van der Waals surface area contributed by atoms with E-state index in [0.717, 1.165) is 124 Å². The van der Waals surface area contributed by atoms with Gasteiger partial charge in [-0.2, -0.15) is 18.3 Å². The molecule has 0 spiro atoms. The first-order valence-electron chi connectivity index (χ1n) is 42.9. The molecule has 0 bridgehead atoms. The Morgan fingerprint density at radius 2 is 0.764 bits per heavy atom. The van der Waals surface area contributed by atoms with Gasteiger partial charge in [0.1, 0.15) is 96.7 Å². The highest BCUT2D eigenvalue weighted by atomic mass is 35.5. The van der Waals surface area contributed by atoms with Crippen molar-refractivity contribution in [2.24, 2.45) is 11.5 Å². The molecule has 12 N–H and O–H groups in total. The van der Waals surface area contributed by atoms with Crippen LogP contribution in [0.25, 0.3) is 82.4 Å². The second-order valence-electron chi connectivity index (χ2n) is 30.1. The molecule has 728 valence electrons. The van der Waals surface area contributed by atoms with Crippen molar-refractivity contribution in [1.29, 1.82) is 0 Å². The highest BCUT2D eigenvalue weighted by Gasteiger charge is 2.28. The van der Waals surface area contributed by atoms with Gasteiger partial charge in [-0.15, -0.1) is 79.4 Å². The SMILES string of the molecule is CCOc1cc(F)ccc1Nc1ncnc2ccsc12.COc1cc(F)ccc1Nc1ncnc2ccsc12.Fc1ccc(Nc2ncnc3ccsc23)c(OC2CCOC2)c1.Fc1ccc(Nc2ncnc3ccsc23)c(OCCC(F)(F)F)c1.NC(=O)c1ccc(Nc2ncnc3ccsc23)cc1.NC(=O)c1ccc(Nc2ncnc3ccsc23)cc1Cl.c1nc(Nc2ccc3[nH]ncc3c2)c2sccc2n1. The van der Waals surface area contributed by atoms with Crippen molar-refractivity contribution in [3.05, 3.63) is 303 Å². The van der Waals surface area contributed by atoms with E-state index in [1.54, 1.807) is 141 Å². The lowest BCUT2D eigenvalue weighted by molar-refractivity contribution is -0.139. The van der Waals surface area contributed by atoms with Gasteiger partial charge in [0.15, 0.2) is 40.7 Å². The fourth-order valence-electron chi connectivity index (χ4n) is 13.7. The highest BCUT2D eigenvalue weighted by molar-refractivity contribution is 7.19. The van der Waals surface area contributed by atoms with Crippen LogP contribution in [-0.2, 0) is 4.74 Å². The average Bonchev–Trinajstić information content (AvgIpc) is 1.65. The van der Waals surface area contributed by atoms with Crippen molar-refractivity contribution >= 4 is 266 Å². The van der Waals surface area contributed by atoms with Crippen molar-refractivity contribution in [1.82, 2.24) is 80.0 Å². The molecule has 0 aliphatic carbocycles. The standard InChI is InChI=1S/C16H14FN3O2S.C15H11F4N3OS.C14H12FN3OS.C13H9ClN4OS.C13H10FN3OS.C13H9N5S.C13H10N4OS/c17-10-1-2-12(14(7-10)22-11-3-5-21-8-11)20-16-15-13(4-6-23-15)18-9-19-16;16-9-1-2-10(12(7-9)23-5-4-15(17,18)19)22-14-13-11(3-6-24-13)20-8-21-14;1-2-19-12-7-9(15)3-4-10(12)18-14-13-11(5-6-20-13)16-8-17-14;14-9-5-7(1-2-8(9)12(15)19)18-13-11-10(3-4-20-11)16-6-17-13;1-18-11-6-8(14)2-3-9(11)17-13-12-10(4-5-19-12)15-7-16-13;1-2-10-8(6-16-18-10)5-9(1)17-13-12-11(3-4-19-12)14-7-15-13;14-12(18)8-1-3-9(4-2-8)17-13-11-10(5-6-19-11)15-7-16-13/h1-2,4,6-7,9,11H,3,5,8H2,(H,18,19,20);1-3,6-8H,4-5H2,(H,20,21,22);3-8H,2H2,1H3,(H,16,17,18);1-6H,(H2,15,19)(H,16,17,18);2-7H,1H3,(H,15,16,17);1-7H,(H,16,18)(H,14,15,17);1-7H,(H2,14,18)(H,15,16,17). The molecule has 7 aromatic carbocycles. The summed E-state index contributed by atoms with van der Waals surface area (Å²) >= 11 is 16.8. The number of nitrogens with two attached hydrogens (primary N) is 2. The van der Waals surface area contributed by atoms with E-state index in [4.69, 9.17) is 46.8 Å². The van der Waals surface area contributed by atoms with E-state index in [9.17, 15) is 40.3 Å². The molecule has 1 fully saturated rings. The van der Waals surface area contributed by atoms with Crippen LogP contribution >= 0.6 is 91.0 Å². The van der Waals surface area contributed by atoms with Crippen LogP contribution in [0, 0.1) is 23.3 Å². The van der Waals surface area contributed by atoms with Gasteiger partial charge in [0.25, 0.3) is 0 Å². The van der Waals surface area contributed by atoms with Crippen LogP contribution in [0.3, 0.4) is 0 Å². The zero-order valence-electron chi connectivity index (χ0n) is 74.8. The molecule has 144 heavy (non-hydrogen) atoms. The first kappa shape index (κ1) is 99.4. The molecule has 1 unspecified atom stereocenters. The summed E-state index contributed by atoms with van der Waals surface area (Å²) in [6, 6.07) is 48.2. The van der Waals surface area contributed by atoms with Crippen LogP contribution in [0.5, 0.6) is 23.0 Å². The monoisotopic (exact) mass is 2090 g/mol. The Hall–Kier alpha value is -16.2. The number of alkyl halides is 3. The number of hydrogen-bond acceptors (Lipinski definition) is 36. The van der Waals surface area contributed by atoms with Gasteiger partial charge < -0.3 is 72.4 Å². The molecule has 32 nitrogen and oxygen atoms in total. The third-order valence-corrected chi connectivity index (χ3v) is 27.2. The van der Waals surface area contributed by atoms with Crippen molar-refractivity contribution in [2.45, 2.75) is 32.0 Å². The molecule has 0 radical (unpaired) electrons. The quantitative estimate of drug-likeness (QED) is 0.0251. The lowest BCUT2D eigenvalue weighted by atomic mass is 10.2. The van der Waals surface area contributed by atoms with Crippen molar-refractivity contribution in [3.8, 4) is 23.0 Å². The van der Waals surface area contributed by atoms with Crippen molar-refractivity contribution in [2.75, 3.05) is 70.8 Å². The number of aromatic nitrogens is 16. The number of benzene rings is 7. The van der Waals surface area contributed by atoms with Gasteiger partial charge in [0, 0.05) is 58.7 Å². The number of halogens is 8. The Morgan fingerprint density at radius 3 is 1.12 bits per heavy atom. The Labute approximate surface area is 844 Å². The maximum absolute atomic E-state index is 13.6. The van der Waals surface area contributed by atoms with Crippen molar-refractivity contribution < 1.29 is 64.0 Å². The van der Waals surface area contributed by atoms with Gasteiger partial charge in [0.2, 0.25) is 11.8 Å². The molecule has 47 heteroatoms. The van der Waals surface area contributed by atoms with Gasteiger partial charge >= 0.3 is 6.18 Å². The number of primary amides is 2. The minimum atomic E-state index is -4.34. The first-order chi connectivity index (χ1) is 70.0. The maximum atomic E-state index is 13.6. The Balaban J connectivity index is 0.000000115. The number of carbonyl (C=O) groups excluding carboxylic acids is 2. The third-order valence-electron chi connectivity index (χ3n) is 20.5. The topological polar surface area (TPSA) is 426 Å². The van der Waals surface area contributed by atoms with Gasteiger partial charge in [-0.1, -0.05) is 11.6 Å². The number of fused-ring (bicyclic) bond motifs is 8. The zero-order chi connectivity index (χ0) is 100. The van der Waals surface area contributed by atoms with Gasteiger partial charge in [-0.05, 0) is 196 Å². The molecule has 23 rings (SSSR count). The van der Waals surface area contributed by atoms with Gasteiger partial charge in [-0.25, -0.2) is 87.3 Å². The Bertz CT molecular complexity index is 8220. The van der Waals surface area contributed by atoms with E-state index in [-0.39, 0.29) is 29.3 Å². The number of aromatic amines is 1. The van der Waals surface area contributed by atoms with Crippen LogP contribution < -0.4 is 67.6 Å². The molecule has 1 saturated heterocycles. The molecule has 2 amide bonds. The number of anilines is 14. The minimum absolute atomic E-state index is 0.0115. The molecule has 1 atom stereocenters. The van der Waals surface area contributed by atoms with E-state index in [2.05, 4.69) is 117 Å². The summed E-state index contributed by atoms with van der Waals surface area (Å²) in [7, 11) is 1.50. The Kier molecular flexibility index (Phi) is 32.4. The van der Waals surface area contributed by atoms with Gasteiger partial charge in [0.05, 0.1) is 157 Å². The summed E-state index contributed by atoms with van der Waals surface area (Å²) in [4.78, 5) is 81.0. The van der Waals surface area contributed by atoms with Crippen LogP contribution in [0.2, 0.25) is 5.02 Å². The van der Waals surface area contributed by atoms with E-state index >= 15 is 0 Å². The lowest BCUT2D eigenvalue weighted by Gasteiger charge is -2.16. The van der Waals surface area contributed by atoms with Crippen LogP contribution in [0.1, 0.15) is 40.5 Å². The van der Waals surface area contributed by atoms with E-state index in [1.165, 1.54) is 105 Å². The minimum Gasteiger partial charge on any atom is -0.494 e. The number of hydrogen-bond donors (Lipinski definition) is 10. The summed E-state index contributed by atoms with van der Waals surface area (Å²) in [6.07, 6.45) is 7.57. The molecule has 0 saturated carbocycles. The van der Waals surface area contributed by atoms with E-state index < -0.39 is 36.8 Å². The smallest absolute Gasteiger partial charge is 0.392 e. The van der Waals surface area contributed by atoms with Crippen molar-refractivity contribution in [3.63, 3.8) is 0 Å². The number of amides is 2. The molecule has 1 aliphatic rings. The number of methoxy groups -OCH3 is 1. The predicted octanol–water partition coefficient (Wildman–Crippen LogP) is 25.2. The van der Waals surface area contributed by atoms with Crippen LogP contribution in [0.15, 0.2) is 264 Å². The summed E-state index contributed by atoms with van der Waals surface area (Å²) in [6.45, 7) is 2.93. The normalized spacial score (nSPS) is 12.0. The lowest BCUT2D eigenvalue weighted by Crippen LogP contribution is -2.16. The van der Waals surface area contributed by atoms with Gasteiger partial charge in [-0.3, -0.25) is 14.7 Å². The maximum Gasteiger partial charge on any atom is 0.392 e. The number of carbonyl (C=O) groups is 2. The second kappa shape index (κ2) is 46.9. The highest BCUT2D eigenvalue weighted by Crippen LogP contribution is 2.41. The Morgan fingerprint density at radius 1 is 0.417 bits per heavy atom. The number of rotatable bonds is 24. The summed E-state index contributed by atoms with van der Waals surface area (Å²) in [5.41, 5.74) is 23.3. The van der Waals surface area contributed by atoms with E-state index in [1.807, 2.05) is 105 Å². The molecule has 15 aromatic heterocycles. The zero-order valence-corrected chi connectivity index (χ0v) is 81.3. The number of thiophene rings is 7. The second-order valence-corrected chi connectivity index (χ2v) is 36.9. The van der Waals surface area contributed by atoms with Crippen LogP contribution in [-0.4, -0.2) is 138 Å². The molecule has 16 heterocycles. The predicted molar refractivity (Wildman–Crippen MR) is 555 cm³/mol. The fourth-order valence-corrected chi connectivity index (χ4v) is 19.5. The molecular formula is C97H75ClF7N25O7S7. The number of ether oxygens (including phenoxy) is 5. The summed E-state index contributed by atoms with van der Waals surface area (Å²) in [5, 5.41) is 44.2. The number of nitrogens with one attached hydrogen (secondary N) is 8. The van der Waals surface area contributed by atoms with Crippen LogP contribution in [0.4, 0.5) is 111 Å². The number of H-pyrrole nitrogens is 1. The number of nitrogens with zero attached hydrogens (tertiary/aromatic N) is 15. The third kappa shape index (κ3) is 25.6. The van der Waals surface area contributed by atoms with E-state index in [0.29, 0.717) is 105 Å². The fraction of sp³-hybridized carbons (Fsp3) is 0.103. The summed E-state index contributed by atoms with van der Waals surface area (Å²) in [5.74, 6) is 3.58. The largest absolute Gasteiger partial charge is 0.494 e. The molecular weight excluding hydrogens is 2020 g/mol. The first-order valence-corrected chi connectivity index (χ1v) is 49.5. The molecule has 1 aliphatic heterocycles.